The predicted molar refractivity (Wildman–Crippen MR) is 90.5 cm³/mol. The molecular weight excluding hydrogens is 276 g/mol. The summed E-state index contributed by atoms with van der Waals surface area (Å²) in [4.78, 5) is 12.6. The number of nitrogens with zero attached hydrogens (tertiary/aromatic N) is 1. The summed E-state index contributed by atoms with van der Waals surface area (Å²) >= 11 is 0. The molecule has 0 aliphatic carbocycles. The van der Waals surface area contributed by atoms with E-state index in [0.717, 1.165) is 12.5 Å². The van der Waals surface area contributed by atoms with Gasteiger partial charge in [-0.1, -0.05) is 37.3 Å². The summed E-state index contributed by atoms with van der Waals surface area (Å²) in [5.74, 6) is 0.882. The molecule has 1 saturated heterocycles. The first-order valence-corrected chi connectivity index (χ1v) is 8.01. The number of nitrogens with two attached hydrogens (primary N) is 1. The van der Waals surface area contributed by atoms with Crippen molar-refractivity contribution in [1.29, 1.82) is 0 Å². The summed E-state index contributed by atoms with van der Waals surface area (Å²) in [7, 11) is 0. The van der Waals surface area contributed by atoms with E-state index in [4.69, 9.17) is 5.73 Å². The number of hydrogen-bond acceptors (Lipinski definition) is 3. The number of piperidine rings is 1. The van der Waals surface area contributed by atoms with Crippen molar-refractivity contribution in [2.75, 3.05) is 13.1 Å². The second-order valence-corrected chi connectivity index (χ2v) is 7.00. The van der Waals surface area contributed by atoms with E-state index in [0.29, 0.717) is 0 Å². The molecule has 124 valence electrons. The Balaban J connectivity index is 0.000000261. The van der Waals surface area contributed by atoms with E-state index in [2.05, 4.69) is 46.9 Å². The van der Waals surface area contributed by atoms with Crippen LogP contribution in [0, 0.1) is 5.92 Å². The zero-order valence-electron chi connectivity index (χ0n) is 14.3. The molecule has 1 amide bonds. The molecule has 0 bridgehead atoms. The Morgan fingerprint density at radius 3 is 2.41 bits per heavy atom. The lowest BCUT2D eigenvalue weighted by atomic mass is 10.00. The van der Waals surface area contributed by atoms with E-state index < -0.39 is 11.7 Å². The minimum absolute atomic E-state index is 0.453. The number of likely N-dealkylation sites (tertiary alicyclic amines) is 1. The highest BCUT2D eigenvalue weighted by Gasteiger charge is 2.15. The highest BCUT2D eigenvalue weighted by atomic mass is 16.6. The molecule has 1 fully saturated rings. The molecular formula is C18H30N2O2. The zero-order valence-corrected chi connectivity index (χ0v) is 14.3. The molecule has 1 atom stereocenters. The molecule has 1 heterocycles. The van der Waals surface area contributed by atoms with Gasteiger partial charge in [-0.3, -0.25) is 4.90 Å². The fourth-order valence-electron chi connectivity index (χ4n) is 2.57. The van der Waals surface area contributed by atoms with Gasteiger partial charge in [0.2, 0.25) is 0 Å². The van der Waals surface area contributed by atoms with Crippen LogP contribution in [0.2, 0.25) is 0 Å². The lowest BCUT2D eigenvalue weighted by Gasteiger charge is -2.30. The summed E-state index contributed by atoms with van der Waals surface area (Å²) in [5, 5.41) is 0. The maximum absolute atomic E-state index is 10.0. The van der Waals surface area contributed by atoms with Crippen LogP contribution in [0.25, 0.3) is 0 Å². The fourth-order valence-corrected chi connectivity index (χ4v) is 2.57. The Bertz CT molecular complexity index is 440. The molecule has 1 aliphatic rings. The van der Waals surface area contributed by atoms with Crippen LogP contribution in [0.5, 0.6) is 0 Å². The van der Waals surface area contributed by atoms with E-state index in [1.807, 2.05) is 0 Å². The van der Waals surface area contributed by atoms with Crippen molar-refractivity contribution in [1.82, 2.24) is 4.90 Å². The summed E-state index contributed by atoms with van der Waals surface area (Å²) in [5.41, 5.74) is 5.71. The van der Waals surface area contributed by atoms with Crippen LogP contribution in [0.1, 0.15) is 46.1 Å². The average Bonchev–Trinajstić information content (AvgIpc) is 2.37. The van der Waals surface area contributed by atoms with E-state index in [-0.39, 0.29) is 0 Å². The van der Waals surface area contributed by atoms with Gasteiger partial charge in [0.15, 0.2) is 0 Å². The van der Waals surface area contributed by atoms with Crippen molar-refractivity contribution in [3.63, 3.8) is 0 Å². The largest absolute Gasteiger partial charge is 0.444 e. The number of benzene rings is 1. The van der Waals surface area contributed by atoms with Crippen molar-refractivity contribution in [3.05, 3.63) is 35.9 Å². The third kappa shape index (κ3) is 8.67. The quantitative estimate of drug-likeness (QED) is 0.904. The molecule has 0 spiro atoms. The van der Waals surface area contributed by atoms with Gasteiger partial charge in [-0.25, -0.2) is 4.79 Å². The Morgan fingerprint density at radius 2 is 1.95 bits per heavy atom. The predicted octanol–water partition coefficient (Wildman–Crippen LogP) is 3.80. The molecule has 2 rings (SSSR count). The Hall–Kier alpha value is -1.55. The maximum atomic E-state index is 10.0. The van der Waals surface area contributed by atoms with Crippen LogP contribution in [-0.4, -0.2) is 29.7 Å². The third-order valence-electron chi connectivity index (χ3n) is 3.40. The molecule has 1 aliphatic heterocycles. The van der Waals surface area contributed by atoms with Gasteiger partial charge in [0.25, 0.3) is 0 Å². The smallest absolute Gasteiger partial charge is 0.405 e. The average molecular weight is 306 g/mol. The maximum Gasteiger partial charge on any atom is 0.405 e. The molecule has 0 radical (unpaired) electrons. The topological polar surface area (TPSA) is 55.6 Å². The monoisotopic (exact) mass is 306 g/mol. The lowest BCUT2D eigenvalue weighted by molar-refractivity contribution is 0.0600. The van der Waals surface area contributed by atoms with Gasteiger partial charge in [-0.15, -0.1) is 0 Å². The number of carbonyl (C=O) groups excluding carboxylic acids is 1. The Labute approximate surface area is 134 Å². The third-order valence-corrected chi connectivity index (χ3v) is 3.40. The molecule has 0 aromatic heterocycles. The van der Waals surface area contributed by atoms with Gasteiger partial charge >= 0.3 is 6.09 Å². The van der Waals surface area contributed by atoms with Crippen LogP contribution in [-0.2, 0) is 11.3 Å². The fraction of sp³-hybridized carbons (Fsp3) is 0.611. The van der Waals surface area contributed by atoms with Gasteiger partial charge < -0.3 is 10.5 Å². The first-order chi connectivity index (χ1) is 10.3. The Kier molecular flexibility index (Phi) is 7.39. The van der Waals surface area contributed by atoms with Crippen molar-refractivity contribution < 1.29 is 9.53 Å². The van der Waals surface area contributed by atoms with E-state index in [9.17, 15) is 4.79 Å². The van der Waals surface area contributed by atoms with Crippen molar-refractivity contribution in [3.8, 4) is 0 Å². The van der Waals surface area contributed by atoms with Gasteiger partial charge in [0, 0.05) is 13.1 Å². The lowest BCUT2D eigenvalue weighted by Crippen LogP contribution is -2.33. The van der Waals surface area contributed by atoms with E-state index in [1.165, 1.54) is 31.5 Å². The SMILES string of the molecule is CC(C)(C)OC(N)=O.CC1CCCN(Cc2ccccc2)C1. The minimum Gasteiger partial charge on any atom is -0.444 e. The van der Waals surface area contributed by atoms with Crippen LogP contribution >= 0.6 is 0 Å². The summed E-state index contributed by atoms with van der Waals surface area (Å²) in [6.07, 6.45) is 2.05. The first kappa shape index (κ1) is 18.5. The minimum atomic E-state index is -0.725. The van der Waals surface area contributed by atoms with Gasteiger partial charge in [-0.05, 0) is 51.6 Å². The standard InChI is InChI=1S/C13H19N.C5H11NO2/c1-12-6-5-9-14(10-12)11-13-7-3-2-4-8-13;1-5(2,3)8-4(6)7/h2-4,7-8,12H,5-6,9-11H2,1H3;1-3H3,(H2,6,7). The molecule has 2 N–H and O–H groups in total. The van der Waals surface area contributed by atoms with Crippen LogP contribution in [0.15, 0.2) is 30.3 Å². The summed E-state index contributed by atoms with van der Waals surface area (Å²) in [6.45, 7) is 11.3. The second-order valence-electron chi connectivity index (χ2n) is 7.00. The van der Waals surface area contributed by atoms with Gasteiger partial charge in [0.05, 0.1) is 0 Å². The normalized spacial score (nSPS) is 19.0. The highest BCUT2D eigenvalue weighted by molar-refractivity contribution is 5.65. The summed E-state index contributed by atoms with van der Waals surface area (Å²) in [6, 6.07) is 10.8. The van der Waals surface area contributed by atoms with Crippen LogP contribution < -0.4 is 5.73 Å². The number of carbonyl (C=O) groups is 1. The molecule has 4 heteroatoms. The van der Waals surface area contributed by atoms with E-state index >= 15 is 0 Å². The zero-order chi connectivity index (χ0) is 16.6. The van der Waals surface area contributed by atoms with Crippen LogP contribution in [0.3, 0.4) is 0 Å². The molecule has 0 saturated carbocycles. The van der Waals surface area contributed by atoms with Crippen LogP contribution in [0.4, 0.5) is 4.79 Å². The molecule has 22 heavy (non-hydrogen) atoms. The number of rotatable bonds is 2. The van der Waals surface area contributed by atoms with Crippen molar-refractivity contribution in [2.45, 2.75) is 52.7 Å². The highest BCUT2D eigenvalue weighted by Crippen LogP contribution is 2.17. The van der Waals surface area contributed by atoms with Gasteiger partial charge in [-0.2, -0.15) is 0 Å². The first-order valence-electron chi connectivity index (χ1n) is 8.01. The number of amides is 1. The Morgan fingerprint density at radius 1 is 1.32 bits per heavy atom. The molecule has 1 aromatic rings. The van der Waals surface area contributed by atoms with Crippen molar-refractivity contribution in [2.24, 2.45) is 11.7 Å². The van der Waals surface area contributed by atoms with Gasteiger partial charge in [0.1, 0.15) is 5.60 Å². The number of ether oxygens (including phenoxy) is 1. The summed E-state index contributed by atoms with van der Waals surface area (Å²) < 4.78 is 4.58. The van der Waals surface area contributed by atoms with Crippen molar-refractivity contribution >= 4 is 6.09 Å². The van der Waals surface area contributed by atoms with E-state index in [1.54, 1.807) is 20.8 Å². The number of hydrogen-bond donors (Lipinski definition) is 1. The second kappa shape index (κ2) is 8.79. The molecule has 4 nitrogen and oxygen atoms in total. The molecule has 1 aromatic carbocycles. The molecule has 1 unspecified atom stereocenters. The number of primary amides is 1.